The maximum Gasteiger partial charge on any atom is 0.0593 e. The standard InChI is InChI=1S/C17H29N3O/c1-3-17-15-19(10-8-16-7-5-6-9-18-16)11-12-20(17)13-14-21-4-2/h5-7,9,17H,3-4,8,10-15H2,1-2H3/t17-/m0/s1. The summed E-state index contributed by atoms with van der Waals surface area (Å²) in [6, 6.07) is 6.84. The topological polar surface area (TPSA) is 28.6 Å². The summed E-state index contributed by atoms with van der Waals surface area (Å²) in [6.07, 6.45) is 4.15. The van der Waals surface area contributed by atoms with Crippen molar-refractivity contribution in [1.29, 1.82) is 0 Å². The van der Waals surface area contributed by atoms with Crippen molar-refractivity contribution in [2.24, 2.45) is 0 Å². The first-order valence-electron chi connectivity index (χ1n) is 8.27. The Kier molecular flexibility index (Phi) is 7.13. The van der Waals surface area contributed by atoms with Gasteiger partial charge in [0, 0.05) is 63.7 Å². The number of ether oxygens (including phenoxy) is 1. The Morgan fingerprint density at radius 2 is 2.14 bits per heavy atom. The number of rotatable bonds is 8. The van der Waals surface area contributed by atoms with Gasteiger partial charge in [-0.25, -0.2) is 0 Å². The van der Waals surface area contributed by atoms with Gasteiger partial charge in [-0.2, -0.15) is 0 Å². The fraction of sp³-hybridized carbons (Fsp3) is 0.706. The summed E-state index contributed by atoms with van der Waals surface area (Å²) in [5.41, 5.74) is 1.20. The van der Waals surface area contributed by atoms with Crippen molar-refractivity contribution in [2.45, 2.75) is 32.7 Å². The Balaban J connectivity index is 1.75. The monoisotopic (exact) mass is 291 g/mol. The molecule has 0 saturated carbocycles. The third kappa shape index (κ3) is 5.38. The SMILES string of the molecule is CCOCCN1CCN(CCc2ccccn2)C[C@@H]1CC. The quantitative estimate of drug-likeness (QED) is 0.686. The van der Waals surface area contributed by atoms with E-state index < -0.39 is 0 Å². The number of pyridine rings is 1. The second kappa shape index (κ2) is 9.13. The average Bonchev–Trinajstić information content (AvgIpc) is 2.55. The van der Waals surface area contributed by atoms with Gasteiger partial charge >= 0.3 is 0 Å². The molecule has 0 amide bonds. The van der Waals surface area contributed by atoms with Gasteiger partial charge in [-0.05, 0) is 25.5 Å². The van der Waals surface area contributed by atoms with E-state index in [0.29, 0.717) is 6.04 Å². The van der Waals surface area contributed by atoms with Gasteiger partial charge in [0.05, 0.1) is 6.61 Å². The highest BCUT2D eigenvalue weighted by Gasteiger charge is 2.24. The van der Waals surface area contributed by atoms with Crippen LogP contribution in [0.2, 0.25) is 0 Å². The average molecular weight is 291 g/mol. The molecule has 1 atom stereocenters. The molecule has 0 bridgehead atoms. The molecule has 0 spiro atoms. The second-order valence-corrected chi connectivity index (χ2v) is 5.67. The van der Waals surface area contributed by atoms with Gasteiger partial charge in [-0.3, -0.25) is 9.88 Å². The Morgan fingerprint density at radius 1 is 1.24 bits per heavy atom. The van der Waals surface area contributed by atoms with Gasteiger partial charge in [0.15, 0.2) is 0 Å². The van der Waals surface area contributed by atoms with E-state index >= 15 is 0 Å². The molecule has 0 aliphatic carbocycles. The molecular weight excluding hydrogens is 262 g/mol. The highest BCUT2D eigenvalue weighted by molar-refractivity contribution is 5.03. The van der Waals surface area contributed by atoms with E-state index in [2.05, 4.69) is 40.8 Å². The van der Waals surface area contributed by atoms with Crippen LogP contribution in [0.3, 0.4) is 0 Å². The molecule has 0 unspecified atom stereocenters. The molecule has 4 nitrogen and oxygen atoms in total. The van der Waals surface area contributed by atoms with Crippen LogP contribution in [-0.4, -0.2) is 66.8 Å². The minimum absolute atomic E-state index is 0.669. The van der Waals surface area contributed by atoms with Crippen LogP contribution in [0.4, 0.5) is 0 Å². The highest BCUT2D eigenvalue weighted by atomic mass is 16.5. The first-order valence-corrected chi connectivity index (χ1v) is 8.27. The lowest BCUT2D eigenvalue weighted by atomic mass is 10.1. The van der Waals surface area contributed by atoms with Crippen molar-refractivity contribution >= 4 is 0 Å². The summed E-state index contributed by atoms with van der Waals surface area (Å²) in [5, 5.41) is 0. The molecule has 1 fully saturated rings. The number of nitrogens with zero attached hydrogens (tertiary/aromatic N) is 3. The predicted octanol–water partition coefficient (Wildman–Crippen LogP) is 2.06. The van der Waals surface area contributed by atoms with Crippen molar-refractivity contribution in [1.82, 2.24) is 14.8 Å². The summed E-state index contributed by atoms with van der Waals surface area (Å²) >= 11 is 0. The second-order valence-electron chi connectivity index (χ2n) is 5.67. The van der Waals surface area contributed by atoms with Crippen LogP contribution in [-0.2, 0) is 11.2 Å². The van der Waals surface area contributed by atoms with E-state index in [4.69, 9.17) is 4.74 Å². The fourth-order valence-corrected chi connectivity index (χ4v) is 2.99. The van der Waals surface area contributed by atoms with Gasteiger partial charge in [0.1, 0.15) is 0 Å². The summed E-state index contributed by atoms with van der Waals surface area (Å²) < 4.78 is 5.50. The molecule has 2 heterocycles. The van der Waals surface area contributed by atoms with E-state index in [1.54, 1.807) is 0 Å². The lowest BCUT2D eigenvalue weighted by molar-refractivity contribution is 0.0417. The van der Waals surface area contributed by atoms with Crippen molar-refractivity contribution in [3.05, 3.63) is 30.1 Å². The van der Waals surface area contributed by atoms with E-state index in [1.165, 1.54) is 18.7 Å². The molecule has 1 aliphatic rings. The normalized spacial score (nSPS) is 20.8. The lowest BCUT2D eigenvalue weighted by Crippen LogP contribution is -2.53. The Bertz CT molecular complexity index is 385. The third-order valence-corrected chi connectivity index (χ3v) is 4.30. The first-order chi connectivity index (χ1) is 10.3. The number of piperazine rings is 1. The van der Waals surface area contributed by atoms with Crippen LogP contribution in [0, 0.1) is 0 Å². The Morgan fingerprint density at radius 3 is 2.86 bits per heavy atom. The van der Waals surface area contributed by atoms with E-state index in [9.17, 15) is 0 Å². The number of hydrogen-bond acceptors (Lipinski definition) is 4. The minimum Gasteiger partial charge on any atom is -0.380 e. The van der Waals surface area contributed by atoms with E-state index in [-0.39, 0.29) is 0 Å². The van der Waals surface area contributed by atoms with Crippen LogP contribution in [0.25, 0.3) is 0 Å². The predicted molar refractivity (Wildman–Crippen MR) is 86.5 cm³/mol. The van der Waals surface area contributed by atoms with Gasteiger partial charge in [-0.15, -0.1) is 0 Å². The zero-order valence-electron chi connectivity index (χ0n) is 13.5. The third-order valence-electron chi connectivity index (χ3n) is 4.30. The molecule has 0 N–H and O–H groups in total. The van der Waals surface area contributed by atoms with Gasteiger partial charge < -0.3 is 9.64 Å². The molecule has 4 heteroatoms. The molecule has 1 aromatic rings. The largest absolute Gasteiger partial charge is 0.380 e. The van der Waals surface area contributed by atoms with Crippen molar-refractivity contribution in [3.63, 3.8) is 0 Å². The molecule has 118 valence electrons. The molecule has 0 radical (unpaired) electrons. The highest BCUT2D eigenvalue weighted by Crippen LogP contribution is 2.13. The van der Waals surface area contributed by atoms with Crippen LogP contribution in [0.15, 0.2) is 24.4 Å². The number of aromatic nitrogens is 1. The number of hydrogen-bond donors (Lipinski definition) is 0. The van der Waals surface area contributed by atoms with Crippen molar-refractivity contribution in [2.75, 3.05) is 45.9 Å². The fourth-order valence-electron chi connectivity index (χ4n) is 2.99. The lowest BCUT2D eigenvalue weighted by Gasteiger charge is -2.41. The Hall–Kier alpha value is -0.970. The summed E-state index contributed by atoms with van der Waals surface area (Å²) in [5.74, 6) is 0. The van der Waals surface area contributed by atoms with Gasteiger partial charge in [0.25, 0.3) is 0 Å². The smallest absolute Gasteiger partial charge is 0.0593 e. The molecular formula is C17H29N3O. The maximum atomic E-state index is 5.50. The summed E-state index contributed by atoms with van der Waals surface area (Å²) in [7, 11) is 0. The molecule has 1 aliphatic heterocycles. The van der Waals surface area contributed by atoms with Crippen molar-refractivity contribution < 1.29 is 4.74 Å². The van der Waals surface area contributed by atoms with Gasteiger partial charge in [0.2, 0.25) is 0 Å². The molecule has 2 rings (SSSR count). The molecule has 0 aromatic carbocycles. The van der Waals surface area contributed by atoms with Crippen molar-refractivity contribution in [3.8, 4) is 0 Å². The molecule has 21 heavy (non-hydrogen) atoms. The Labute approximate surface area is 129 Å². The first kappa shape index (κ1) is 16.4. The van der Waals surface area contributed by atoms with Gasteiger partial charge in [-0.1, -0.05) is 13.0 Å². The zero-order chi connectivity index (χ0) is 14.9. The van der Waals surface area contributed by atoms with Crippen LogP contribution >= 0.6 is 0 Å². The molecule has 1 saturated heterocycles. The minimum atomic E-state index is 0.669. The van der Waals surface area contributed by atoms with Crippen LogP contribution in [0.5, 0.6) is 0 Å². The molecule has 1 aromatic heterocycles. The van der Waals surface area contributed by atoms with E-state index in [1.807, 2.05) is 12.3 Å². The maximum absolute atomic E-state index is 5.50. The zero-order valence-corrected chi connectivity index (χ0v) is 13.5. The van der Waals surface area contributed by atoms with Crippen LogP contribution in [0.1, 0.15) is 26.0 Å². The van der Waals surface area contributed by atoms with E-state index in [0.717, 1.165) is 45.8 Å². The summed E-state index contributed by atoms with van der Waals surface area (Å²) in [6.45, 7) is 11.7. The summed E-state index contributed by atoms with van der Waals surface area (Å²) in [4.78, 5) is 9.59. The van der Waals surface area contributed by atoms with Crippen LogP contribution < -0.4 is 0 Å².